The number of hydrogen-bond donors (Lipinski definition) is 1. The summed E-state index contributed by atoms with van der Waals surface area (Å²) in [6, 6.07) is 5.23. The molecule has 1 rings (SSSR count). The molecule has 4 heteroatoms. The molecule has 1 N–H and O–H groups in total. The second kappa shape index (κ2) is 4.67. The van der Waals surface area contributed by atoms with Gasteiger partial charge in [-0.1, -0.05) is 0 Å². The van der Waals surface area contributed by atoms with Gasteiger partial charge in [0.2, 0.25) is 0 Å². The van der Waals surface area contributed by atoms with Gasteiger partial charge in [-0.2, -0.15) is 5.26 Å². The van der Waals surface area contributed by atoms with Crippen LogP contribution in [0.3, 0.4) is 0 Å². The first-order valence-corrected chi connectivity index (χ1v) is 4.90. The monoisotopic (exact) mass is 218 g/mol. The third-order valence-corrected chi connectivity index (χ3v) is 1.68. The van der Waals surface area contributed by atoms with Crippen molar-refractivity contribution in [2.24, 2.45) is 0 Å². The van der Waals surface area contributed by atoms with Gasteiger partial charge < -0.3 is 9.73 Å². The van der Waals surface area contributed by atoms with E-state index >= 15 is 0 Å². The Bertz CT molecular complexity index is 431. The molecule has 84 valence electrons. The van der Waals surface area contributed by atoms with Gasteiger partial charge in [-0.05, 0) is 32.9 Å². The van der Waals surface area contributed by atoms with Crippen LogP contribution in [0.5, 0.6) is 0 Å². The van der Waals surface area contributed by atoms with Crippen LogP contribution in [0.1, 0.15) is 26.5 Å². The fourth-order valence-corrected chi connectivity index (χ4v) is 1.07. The highest BCUT2D eigenvalue weighted by Crippen LogP contribution is 2.08. The Morgan fingerprint density at radius 1 is 1.56 bits per heavy atom. The fourth-order valence-electron chi connectivity index (χ4n) is 1.07. The molecule has 0 fully saturated rings. The number of nitriles is 1. The van der Waals surface area contributed by atoms with E-state index in [9.17, 15) is 4.79 Å². The van der Waals surface area contributed by atoms with Crippen molar-refractivity contribution >= 4 is 12.0 Å². The predicted octanol–water partition coefficient (Wildman–Crippen LogP) is 2.10. The second-order valence-electron chi connectivity index (χ2n) is 4.39. The zero-order valence-corrected chi connectivity index (χ0v) is 9.57. The predicted molar refractivity (Wildman–Crippen MR) is 60.2 cm³/mol. The van der Waals surface area contributed by atoms with Crippen molar-refractivity contribution in [3.63, 3.8) is 0 Å². The molecule has 1 aromatic rings. The van der Waals surface area contributed by atoms with E-state index in [1.54, 1.807) is 12.1 Å². The maximum atomic E-state index is 11.7. The molecule has 1 amide bonds. The highest BCUT2D eigenvalue weighted by molar-refractivity contribution is 6.01. The molecule has 0 atom stereocenters. The minimum atomic E-state index is -0.397. The third kappa shape index (κ3) is 3.62. The average Bonchev–Trinajstić information content (AvgIpc) is 2.63. The Hall–Kier alpha value is -2.02. The molecular formula is C12H14N2O2. The molecule has 0 spiro atoms. The van der Waals surface area contributed by atoms with E-state index in [2.05, 4.69) is 5.32 Å². The van der Waals surface area contributed by atoms with Crippen molar-refractivity contribution in [1.29, 1.82) is 5.26 Å². The molecule has 0 aromatic carbocycles. The van der Waals surface area contributed by atoms with Gasteiger partial charge >= 0.3 is 0 Å². The molecular weight excluding hydrogens is 204 g/mol. The molecule has 0 aliphatic carbocycles. The summed E-state index contributed by atoms with van der Waals surface area (Å²) < 4.78 is 5.04. The number of furan rings is 1. The first-order chi connectivity index (χ1) is 7.42. The van der Waals surface area contributed by atoms with Crippen molar-refractivity contribution in [1.82, 2.24) is 5.32 Å². The van der Waals surface area contributed by atoms with E-state index in [1.165, 1.54) is 12.3 Å². The highest BCUT2D eigenvalue weighted by Gasteiger charge is 2.17. The lowest BCUT2D eigenvalue weighted by atomic mass is 10.1. The molecule has 1 heterocycles. The van der Waals surface area contributed by atoms with Gasteiger partial charge in [0.1, 0.15) is 17.4 Å². The van der Waals surface area contributed by atoms with E-state index in [0.29, 0.717) is 5.76 Å². The lowest BCUT2D eigenvalue weighted by molar-refractivity contribution is -0.118. The Labute approximate surface area is 94.6 Å². The average molecular weight is 218 g/mol. The molecule has 0 saturated carbocycles. The van der Waals surface area contributed by atoms with E-state index in [-0.39, 0.29) is 11.1 Å². The van der Waals surface area contributed by atoms with Crippen LogP contribution < -0.4 is 5.32 Å². The van der Waals surface area contributed by atoms with Crippen LogP contribution in [-0.2, 0) is 4.79 Å². The lowest BCUT2D eigenvalue weighted by Crippen LogP contribution is -2.41. The maximum Gasteiger partial charge on any atom is 0.262 e. The van der Waals surface area contributed by atoms with Crippen LogP contribution in [0.25, 0.3) is 6.08 Å². The molecule has 0 saturated heterocycles. The Morgan fingerprint density at radius 3 is 2.69 bits per heavy atom. The normalized spacial score (nSPS) is 12.0. The quantitative estimate of drug-likeness (QED) is 0.610. The van der Waals surface area contributed by atoms with Crippen molar-refractivity contribution < 1.29 is 9.21 Å². The smallest absolute Gasteiger partial charge is 0.262 e. The van der Waals surface area contributed by atoms with E-state index in [0.717, 1.165) is 0 Å². The van der Waals surface area contributed by atoms with E-state index in [4.69, 9.17) is 9.68 Å². The summed E-state index contributed by atoms with van der Waals surface area (Å²) in [5.74, 6) is 0.0898. The molecule has 16 heavy (non-hydrogen) atoms. The number of carbonyl (C=O) groups excluding carboxylic acids is 1. The lowest BCUT2D eigenvalue weighted by Gasteiger charge is -2.19. The van der Waals surface area contributed by atoms with E-state index < -0.39 is 5.91 Å². The first-order valence-electron chi connectivity index (χ1n) is 4.90. The zero-order chi connectivity index (χ0) is 12.2. The zero-order valence-electron chi connectivity index (χ0n) is 9.57. The van der Waals surface area contributed by atoms with Gasteiger partial charge in [0.25, 0.3) is 5.91 Å². The number of hydrogen-bond acceptors (Lipinski definition) is 3. The SMILES string of the molecule is CC(C)(C)NC(=O)/C(C#N)=C/c1ccco1. The number of carbonyl (C=O) groups is 1. The van der Waals surface area contributed by atoms with Crippen LogP contribution in [-0.4, -0.2) is 11.4 Å². The maximum absolute atomic E-state index is 11.7. The van der Waals surface area contributed by atoms with Gasteiger partial charge in [-0.25, -0.2) is 0 Å². The van der Waals surface area contributed by atoms with Gasteiger partial charge in [-0.3, -0.25) is 4.79 Å². The summed E-state index contributed by atoms with van der Waals surface area (Å²) in [4.78, 5) is 11.7. The van der Waals surface area contributed by atoms with Crippen molar-refractivity contribution in [2.45, 2.75) is 26.3 Å². The Morgan fingerprint density at radius 2 is 2.25 bits per heavy atom. The van der Waals surface area contributed by atoms with Crippen molar-refractivity contribution in [2.75, 3.05) is 0 Å². The number of nitrogens with zero attached hydrogens (tertiary/aromatic N) is 1. The molecule has 0 aliphatic heterocycles. The largest absolute Gasteiger partial charge is 0.465 e. The molecule has 1 aromatic heterocycles. The summed E-state index contributed by atoms with van der Waals surface area (Å²) >= 11 is 0. The standard InChI is InChI=1S/C12H14N2O2/c1-12(2,3)14-11(15)9(8-13)7-10-5-4-6-16-10/h4-7H,1-3H3,(H,14,15)/b9-7+. The number of amides is 1. The summed E-state index contributed by atoms with van der Waals surface area (Å²) in [6.45, 7) is 5.56. The van der Waals surface area contributed by atoms with Gasteiger partial charge in [0, 0.05) is 11.6 Å². The highest BCUT2D eigenvalue weighted by atomic mass is 16.3. The molecule has 0 unspecified atom stereocenters. The Balaban J connectivity index is 2.85. The van der Waals surface area contributed by atoms with Gasteiger partial charge in [0.15, 0.2) is 0 Å². The third-order valence-electron chi connectivity index (χ3n) is 1.68. The summed E-state index contributed by atoms with van der Waals surface area (Å²) in [7, 11) is 0. The van der Waals surface area contributed by atoms with Crippen LogP contribution in [0.2, 0.25) is 0 Å². The van der Waals surface area contributed by atoms with E-state index in [1.807, 2.05) is 26.8 Å². The van der Waals surface area contributed by atoms with Gasteiger partial charge in [-0.15, -0.1) is 0 Å². The molecule has 0 radical (unpaired) electrons. The van der Waals surface area contributed by atoms with Gasteiger partial charge in [0.05, 0.1) is 6.26 Å². The second-order valence-corrected chi connectivity index (χ2v) is 4.39. The minimum Gasteiger partial charge on any atom is -0.465 e. The van der Waals surface area contributed by atoms with Crippen molar-refractivity contribution in [3.8, 4) is 6.07 Å². The topological polar surface area (TPSA) is 66.0 Å². The number of rotatable bonds is 2. The summed E-state index contributed by atoms with van der Waals surface area (Å²) in [6.07, 6.45) is 2.91. The molecule has 4 nitrogen and oxygen atoms in total. The Kier molecular flexibility index (Phi) is 3.51. The molecule has 0 bridgehead atoms. The van der Waals surface area contributed by atoms with Crippen LogP contribution in [0.4, 0.5) is 0 Å². The van der Waals surface area contributed by atoms with Crippen LogP contribution in [0.15, 0.2) is 28.4 Å². The summed E-state index contributed by atoms with van der Waals surface area (Å²) in [5, 5.41) is 11.6. The van der Waals surface area contributed by atoms with Crippen LogP contribution in [0, 0.1) is 11.3 Å². The van der Waals surface area contributed by atoms with Crippen molar-refractivity contribution in [3.05, 3.63) is 29.7 Å². The van der Waals surface area contributed by atoms with Crippen LogP contribution >= 0.6 is 0 Å². The minimum absolute atomic E-state index is 0.0323. The first kappa shape index (κ1) is 12.1. The summed E-state index contributed by atoms with van der Waals surface area (Å²) in [5.41, 5.74) is -0.333. The fraction of sp³-hybridized carbons (Fsp3) is 0.333. The molecule has 0 aliphatic rings. The number of nitrogens with one attached hydrogen (secondary N) is 1.